The summed E-state index contributed by atoms with van der Waals surface area (Å²) in [6, 6.07) is 29.1. The number of rotatable bonds is 3. The Morgan fingerprint density at radius 2 is 1.66 bits per heavy atom. The highest BCUT2D eigenvalue weighted by Crippen LogP contribution is 2.45. The van der Waals surface area contributed by atoms with Crippen molar-refractivity contribution < 1.29 is 4.42 Å². The summed E-state index contributed by atoms with van der Waals surface area (Å²) in [6.45, 7) is 0. The van der Waals surface area contributed by atoms with Crippen molar-refractivity contribution in [2.45, 2.75) is 31.5 Å². The van der Waals surface area contributed by atoms with Gasteiger partial charge in [-0.2, -0.15) is 0 Å². The fraction of sp³-hybridized carbons (Fsp3) is 0.143. The second-order valence-electron chi connectivity index (χ2n) is 10.4. The average Bonchev–Trinajstić information content (AvgIpc) is 3.56. The van der Waals surface area contributed by atoms with Gasteiger partial charge in [-0.1, -0.05) is 91.0 Å². The predicted octanol–water partition coefficient (Wildman–Crippen LogP) is 9.03. The summed E-state index contributed by atoms with van der Waals surface area (Å²) in [6.07, 6.45) is 16.4. The maximum atomic E-state index is 6.37. The number of benzene rings is 4. The van der Waals surface area contributed by atoms with Crippen LogP contribution in [0.5, 0.6) is 0 Å². The standard InChI is InChI=1S/C35H28N2O/c1-2-10-25(11-3-1)37-32-16-8-7-15-31(32)36-35(37)24-20-18-23(19-21-24)29-22-30-27-13-6-9-17-33(27)38-34(30)28-14-5-4-12-26(28)29/h1-5,7-10,12,14-22,25,35-36H,6,11,13H2. The molecule has 3 aliphatic rings. The van der Waals surface area contributed by atoms with Gasteiger partial charge in [0.15, 0.2) is 0 Å². The van der Waals surface area contributed by atoms with Crippen LogP contribution in [0.2, 0.25) is 0 Å². The van der Waals surface area contributed by atoms with Crippen molar-refractivity contribution >= 4 is 39.2 Å². The molecule has 0 spiro atoms. The number of hydrogen-bond acceptors (Lipinski definition) is 3. The van der Waals surface area contributed by atoms with Crippen LogP contribution in [0, 0.1) is 0 Å². The molecule has 1 aliphatic heterocycles. The summed E-state index contributed by atoms with van der Waals surface area (Å²) in [5, 5.41) is 7.45. The number of fused-ring (bicyclic) bond motifs is 6. The van der Waals surface area contributed by atoms with Gasteiger partial charge in [0.25, 0.3) is 0 Å². The van der Waals surface area contributed by atoms with Crippen molar-refractivity contribution in [2.75, 3.05) is 10.2 Å². The molecule has 0 saturated heterocycles. The Bertz CT molecular complexity index is 1790. The van der Waals surface area contributed by atoms with E-state index in [2.05, 4.69) is 126 Å². The molecule has 2 aliphatic carbocycles. The zero-order valence-electron chi connectivity index (χ0n) is 21.1. The van der Waals surface area contributed by atoms with Crippen LogP contribution in [0.3, 0.4) is 0 Å². The largest absolute Gasteiger partial charge is 0.456 e. The molecule has 3 nitrogen and oxygen atoms in total. The summed E-state index contributed by atoms with van der Waals surface area (Å²) in [5.41, 5.74) is 8.57. The lowest BCUT2D eigenvalue weighted by atomic mass is 9.92. The van der Waals surface area contributed by atoms with E-state index in [1.54, 1.807) is 0 Å². The predicted molar refractivity (Wildman–Crippen MR) is 158 cm³/mol. The fourth-order valence-corrected chi connectivity index (χ4v) is 6.45. The Labute approximate surface area is 222 Å². The molecule has 0 saturated carbocycles. The van der Waals surface area contributed by atoms with E-state index in [1.165, 1.54) is 49.8 Å². The van der Waals surface area contributed by atoms with Crippen LogP contribution in [-0.2, 0) is 6.42 Å². The quantitative estimate of drug-likeness (QED) is 0.272. The Balaban J connectivity index is 1.22. The molecule has 0 fully saturated rings. The molecule has 3 heteroatoms. The van der Waals surface area contributed by atoms with Crippen LogP contribution >= 0.6 is 0 Å². The molecule has 0 bridgehead atoms. The highest BCUT2D eigenvalue weighted by atomic mass is 16.3. The van der Waals surface area contributed by atoms with Crippen molar-refractivity contribution in [3.8, 4) is 11.1 Å². The van der Waals surface area contributed by atoms with Gasteiger partial charge in [-0.25, -0.2) is 0 Å². The number of anilines is 2. The summed E-state index contributed by atoms with van der Waals surface area (Å²) in [4.78, 5) is 2.52. The van der Waals surface area contributed by atoms with Gasteiger partial charge in [0.2, 0.25) is 0 Å². The summed E-state index contributed by atoms with van der Waals surface area (Å²) < 4.78 is 6.37. The molecule has 184 valence electrons. The Morgan fingerprint density at radius 3 is 2.53 bits per heavy atom. The third-order valence-electron chi connectivity index (χ3n) is 8.27. The second-order valence-corrected chi connectivity index (χ2v) is 10.4. The third kappa shape index (κ3) is 3.28. The van der Waals surface area contributed by atoms with E-state index in [9.17, 15) is 0 Å². The normalized spacial score (nSPS) is 19.6. The molecule has 0 amide bonds. The van der Waals surface area contributed by atoms with E-state index >= 15 is 0 Å². The Hall–Kier alpha value is -4.50. The van der Waals surface area contributed by atoms with Gasteiger partial charge < -0.3 is 14.6 Å². The maximum absolute atomic E-state index is 6.37. The number of aryl methyl sites for hydroxylation is 1. The number of nitrogens with one attached hydrogen (secondary N) is 1. The first kappa shape index (κ1) is 21.6. The molecule has 38 heavy (non-hydrogen) atoms. The van der Waals surface area contributed by atoms with Crippen LogP contribution in [0.15, 0.2) is 114 Å². The lowest BCUT2D eigenvalue weighted by Gasteiger charge is -2.34. The topological polar surface area (TPSA) is 28.4 Å². The number of para-hydroxylation sites is 2. The minimum Gasteiger partial charge on any atom is -0.456 e. The van der Waals surface area contributed by atoms with E-state index in [-0.39, 0.29) is 6.17 Å². The number of hydrogen-bond donors (Lipinski definition) is 1. The molecule has 0 radical (unpaired) electrons. The lowest BCUT2D eigenvalue weighted by molar-refractivity contribution is 0.598. The Kier molecular flexibility index (Phi) is 4.84. The minimum atomic E-state index is 0.0921. The van der Waals surface area contributed by atoms with E-state index < -0.39 is 0 Å². The summed E-state index contributed by atoms with van der Waals surface area (Å²) >= 11 is 0. The van der Waals surface area contributed by atoms with Gasteiger partial charge in [0, 0.05) is 16.3 Å². The summed E-state index contributed by atoms with van der Waals surface area (Å²) in [5.74, 6) is 1.02. The molecule has 5 aromatic rings. The molecule has 8 rings (SSSR count). The molecular weight excluding hydrogens is 464 g/mol. The van der Waals surface area contributed by atoms with Crippen LogP contribution in [0.25, 0.3) is 38.9 Å². The molecule has 1 aromatic heterocycles. The van der Waals surface area contributed by atoms with Crippen LogP contribution in [0.4, 0.5) is 11.4 Å². The lowest BCUT2D eigenvalue weighted by Crippen LogP contribution is -2.37. The van der Waals surface area contributed by atoms with Crippen molar-refractivity contribution in [3.05, 3.63) is 126 Å². The first-order valence-electron chi connectivity index (χ1n) is 13.6. The van der Waals surface area contributed by atoms with Crippen molar-refractivity contribution in [2.24, 2.45) is 0 Å². The van der Waals surface area contributed by atoms with Crippen LogP contribution in [-0.4, -0.2) is 6.04 Å². The van der Waals surface area contributed by atoms with Gasteiger partial charge in [-0.3, -0.25) is 0 Å². The van der Waals surface area contributed by atoms with Crippen molar-refractivity contribution in [1.82, 2.24) is 0 Å². The Morgan fingerprint density at radius 1 is 0.816 bits per heavy atom. The number of furan rings is 1. The molecule has 2 heterocycles. The van der Waals surface area contributed by atoms with Gasteiger partial charge in [0.1, 0.15) is 17.5 Å². The third-order valence-corrected chi connectivity index (χ3v) is 8.27. The van der Waals surface area contributed by atoms with Crippen LogP contribution < -0.4 is 10.2 Å². The second kappa shape index (κ2) is 8.53. The van der Waals surface area contributed by atoms with Gasteiger partial charge in [-0.05, 0) is 65.6 Å². The minimum absolute atomic E-state index is 0.0921. The first-order valence-corrected chi connectivity index (χ1v) is 13.6. The summed E-state index contributed by atoms with van der Waals surface area (Å²) in [7, 11) is 0. The van der Waals surface area contributed by atoms with Gasteiger partial charge in [-0.15, -0.1) is 0 Å². The van der Waals surface area contributed by atoms with E-state index in [4.69, 9.17) is 4.42 Å². The average molecular weight is 493 g/mol. The van der Waals surface area contributed by atoms with Crippen molar-refractivity contribution in [1.29, 1.82) is 0 Å². The molecule has 1 N–H and O–H groups in total. The highest BCUT2D eigenvalue weighted by Gasteiger charge is 2.33. The molecule has 2 atom stereocenters. The van der Waals surface area contributed by atoms with Gasteiger partial charge >= 0.3 is 0 Å². The number of nitrogens with zero attached hydrogens (tertiary/aromatic N) is 1. The highest BCUT2D eigenvalue weighted by molar-refractivity contribution is 6.13. The molecule has 2 unspecified atom stereocenters. The zero-order chi connectivity index (χ0) is 25.1. The van der Waals surface area contributed by atoms with Crippen LogP contribution in [0.1, 0.15) is 35.9 Å². The van der Waals surface area contributed by atoms with Crippen molar-refractivity contribution in [3.63, 3.8) is 0 Å². The van der Waals surface area contributed by atoms with E-state index in [0.29, 0.717) is 6.04 Å². The number of allylic oxidation sites excluding steroid dienone is 3. The fourth-order valence-electron chi connectivity index (χ4n) is 6.45. The molecule has 4 aromatic carbocycles. The monoisotopic (exact) mass is 492 g/mol. The zero-order valence-corrected chi connectivity index (χ0v) is 21.1. The molecular formula is C35H28N2O. The van der Waals surface area contributed by atoms with E-state index in [0.717, 1.165) is 30.6 Å². The van der Waals surface area contributed by atoms with E-state index in [1.807, 2.05) is 0 Å². The first-order chi connectivity index (χ1) is 18.8. The van der Waals surface area contributed by atoms with Gasteiger partial charge in [0.05, 0.1) is 17.4 Å². The maximum Gasteiger partial charge on any atom is 0.142 e. The SMILES string of the molecule is C1=CCC(N2c3ccccc3NC2c2ccc(-c3cc4c5c(oc4c4ccccc34)C=CCC5)cc2)C=C1. The smallest absolute Gasteiger partial charge is 0.142 e.